The fourth-order valence-corrected chi connectivity index (χ4v) is 4.01. The highest BCUT2D eigenvalue weighted by Crippen LogP contribution is 2.32. The molecular weight excluding hydrogens is 371 g/mol. The lowest BCUT2D eigenvalue weighted by Crippen LogP contribution is -2.44. The van der Waals surface area contributed by atoms with E-state index in [1.807, 2.05) is 18.2 Å². The summed E-state index contributed by atoms with van der Waals surface area (Å²) >= 11 is 0. The van der Waals surface area contributed by atoms with Crippen molar-refractivity contribution in [2.75, 3.05) is 43.9 Å². The molecule has 0 spiro atoms. The Morgan fingerprint density at radius 1 is 1.03 bits per heavy atom. The zero-order chi connectivity index (χ0) is 20.1. The number of hydrogen-bond donors (Lipinski definition) is 3. The number of benzene rings is 2. The molecule has 1 fully saturated rings. The van der Waals surface area contributed by atoms with Gasteiger partial charge in [-0.1, -0.05) is 12.1 Å². The van der Waals surface area contributed by atoms with Gasteiger partial charge in [0.15, 0.2) is 0 Å². The van der Waals surface area contributed by atoms with Crippen molar-refractivity contribution in [1.82, 2.24) is 19.9 Å². The number of nitrogens with zero attached hydrogens (tertiary/aromatic N) is 3. The minimum Gasteiger partial charge on any atom is -0.397 e. The monoisotopic (exact) mass is 392 g/mol. The first-order valence-electron chi connectivity index (χ1n) is 9.55. The number of nitrogens with one attached hydrogen (secondary N) is 2. The maximum Gasteiger partial charge on any atom is 0.261 e. The van der Waals surface area contributed by atoms with Gasteiger partial charge in [0.25, 0.3) is 5.56 Å². The quantitative estimate of drug-likeness (QED) is 0.487. The van der Waals surface area contributed by atoms with Gasteiger partial charge in [-0.15, -0.1) is 0 Å². The van der Waals surface area contributed by atoms with Crippen LogP contribution in [0.4, 0.5) is 15.8 Å². The standard InChI is InChI=1S/C21H21FN6O/c1-27-8-10-28(11-9-27)15-7-3-6-14-19(15)26-20(24-14)17-18(23)16-12(22)4-2-5-13(16)25-21(17)29/h2-7H,8-11H2,1H3,(H,24,26)(H3,23,25,29). The van der Waals surface area contributed by atoms with Gasteiger partial charge in [-0.2, -0.15) is 0 Å². The Balaban J connectivity index is 1.68. The summed E-state index contributed by atoms with van der Waals surface area (Å²) in [6.45, 7) is 3.76. The molecule has 4 N–H and O–H groups in total. The number of anilines is 2. The number of para-hydroxylation sites is 1. The molecule has 1 saturated heterocycles. The molecule has 5 rings (SSSR count). The number of nitrogen functional groups attached to an aromatic ring is 1. The summed E-state index contributed by atoms with van der Waals surface area (Å²) in [6.07, 6.45) is 0. The maximum absolute atomic E-state index is 14.4. The van der Waals surface area contributed by atoms with Crippen LogP contribution in [0.2, 0.25) is 0 Å². The van der Waals surface area contributed by atoms with E-state index in [1.165, 1.54) is 12.1 Å². The van der Waals surface area contributed by atoms with Gasteiger partial charge in [0.1, 0.15) is 22.7 Å². The summed E-state index contributed by atoms with van der Waals surface area (Å²) in [5, 5.41) is 0.196. The van der Waals surface area contributed by atoms with Crippen molar-refractivity contribution in [3.63, 3.8) is 0 Å². The summed E-state index contributed by atoms with van der Waals surface area (Å²) in [6, 6.07) is 10.4. The first-order chi connectivity index (χ1) is 14.0. The molecule has 0 unspecified atom stereocenters. The van der Waals surface area contributed by atoms with Gasteiger partial charge in [0.05, 0.1) is 27.8 Å². The largest absolute Gasteiger partial charge is 0.397 e. The number of H-pyrrole nitrogens is 2. The Morgan fingerprint density at radius 2 is 1.76 bits per heavy atom. The molecule has 0 saturated carbocycles. The Hall–Kier alpha value is -3.39. The van der Waals surface area contributed by atoms with Gasteiger partial charge in [0, 0.05) is 26.2 Å². The maximum atomic E-state index is 14.4. The number of aromatic nitrogens is 3. The van der Waals surface area contributed by atoms with Crippen LogP contribution in [-0.2, 0) is 0 Å². The highest BCUT2D eigenvalue weighted by molar-refractivity contribution is 5.99. The van der Waals surface area contributed by atoms with E-state index >= 15 is 0 Å². The van der Waals surface area contributed by atoms with E-state index in [4.69, 9.17) is 10.7 Å². The van der Waals surface area contributed by atoms with E-state index in [0.29, 0.717) is 11.3 Å². The highest BCUT2D eigenvalue weighted by atomic mass is 19.1. The van der Waals surface area contributed by atoms with E-state index in [-0.39, 0.29) is 16.6 Å². The molecule has 2 aromatic heterocycles. The first kappa shape index (κ1) is 17.7. The fraction of sp³-hybridized carbons (Fsp3) is 0.238. The Kier molecular flexibility index (Phi) is 4.02. The van der Waals surface area contributed by atoms with Crippen LogP contribution in [0.3, 0.4) is 0 Å². The smallest absolute Gasteiger partial charge is 0.261 e. The van der Waals surface area contributed by atoms with Crippen LogP contribution in [0.5, 0.6) is 0 Å². The number of hydrogen-bond acceptors (Lipinski definition) is 5. The summed E-state index contributed by atoms with van der Waals surface area (Å²) in [5.41, 5.74) is 9.04. The number of pyridine rings is 1. The highest BCUT2D eigenvalue weighted by Gasteiger charge is 2.21. The number of imidazole rings is 1. The van der Waals surface area contributed by atoms with Crippen LogP contribution in [0, 0.1) is 5.82 Å². The van der Waals surface area contributed by atoms with Crippen molar-refractivity contribution in [2.24, 2.45) is 0 Å². The summed E-state index contributed by atoms with van der Waals surface area (Å²) in [5.74, 6) is -0.141. The molecule has 4 aromatic rings. The van der Waals surface area contributed by atoms with Gasteiger partial charge in [-0.05, 0) is 31.3 Å². The molecule has 1 aliphatic heterocycles. The van der Waals surface area contributed by atoms with Crippen LogP contribution in [0.1, 0.15) is 0 Å². The third kappa shape index (κ3) is 2.84. The molecule has 1 aliphatic rings. The molecule has 0 amide bonds. The minimum atomic E-state index is -0.480. The van der Waals surface area contributed by atoms with Crippen molar-refractivity contribution >= 4 is 33.3 Å². The van der Waals surface area contributed by atoms with E-state index in [2.05, 4.69) is 26.8 Å². The van der Waals surface area contributed by atoms with Crippen molar-refractivity contribution in [2.45, 2.75) is 0 Å². The second kappa shape index (κ2) is 6.59. The number of aromatic amines is 2. The van der Waals surface area contributed by atoms with Crippen molar-refractivity contribution in [3.8, 4) is 11.4 Å². The summed E-state index contributed by atoms with van der Waals surface area (Å²) in [7, 11) is 2.11. The molecule has 0 bridgehead atoms. The van der Waals surface area contributed by atoms with E-state index in [0.717, 1.165) is 42.9 Å². The molecule has 0 radical (unpaired) electrons. The van der Waals surface area contributed by atoms with E-state index < -0.39 is 11.4 Å². The van der Waals surface area contributed by atoms with Gasteiger partial charge in [-0.3, -0.25) is 4.79 Å². The normalized spacial score (nSPS) is 15.4. The lowest BCUT2D eigenvalue weighted by Gasteiger charge is -2.34. The second-order valence-electron chi connectivity index (χ2n) is 7.45. The van der Waals surface area contributed by atoms with Crippen molar-refractivity contribution in [3.05, 3.63) is 52.6 Å². The van der Waals surface area contributed by atoms with Gasteiger partial charge >= 0.3 is 0 Å². The number of fused-ring (bicyclic) bond motifs is 2. The Labute approximate surface area is 166 Å². The molecule has 148 valence electrons. The number of likely N-dealkylation sites (N-methyl/N-ethyl adjacent to an activating group) is 1. The molecule has 29 heavy (non-hydrogen) atoms. The summed E-state index contributed by atoms with van der Waals surface area (Å²) in [4.78, 5) is 27.9. The third-order valence-electron chi connectivity index (χ3n) is 5.60. The zero-order valence-corrected chi connectivity index (χ0v) is 16.0. The second-order valence-corrected chi connectivity index (χ2v) is 7.45. The Morgan fingerprint density at radius 3 is 2.55 bits per heavy atom. The number of halogens is 1. The van der Waals surface area contributed by atoms with Crippen molar-refractivity contribution in [1.29, 1.82) is 0 Å². The number of nitrogens with two attached hydrogens (primary N) is 1. The van der Waals surface area contributed by atoms with Crippen LogP contribution in [-0.4, -0.2) is 53.1 Å². The van der Waals surface area contributed by atoms with Crippen LogP contribution in [0.25, 0.3) is 33.3 Å². The minimum absolute atomic E-state index is 0.0852. The van der Waals surface area contributed by atoms with Crippen molar-refractivity contribution < 1.29 is 4.39 Å². The lowest BCUT2D eigenvalue weighted by molar-refractivity contribution is 0.313. The van der Waals surface area contributed by atoms with Gasteiger partial charge in [0.2, 0.25) is 0 Å². The lowest BCUT2D eigenvalue weighted by atomic mass is 10.1. The molecule has 3 heterocycles. The zero-order valence-electron chi connectivity index (χ0n) is 16.0. The predicted molar refractivity (Wildman–Crippen MR) is 114 cm³/mol. The van der Waals surface area contributed by atoms with E-state index in [9.17, 15) is 9.18 Å². The summed E-state index contributed by atoms with van der Waals surface area (Å²) < 4.78 is 14.4. The molecule has 0 aliphatic carbocycles. The Bertz CT molecular complexity index is 1290. The predicted octanol–water partition coefficient (Wildman–Crippen LogP) is 2.54. The SMILES string of the molecule is CN1CCN(c2cccc3[nH]c(-c4c(N)c5c(F)cccc5[nH]c4=O)nc23)CC1. The van der Waals surface area contributed by atoms with Gasteiger partial charge in [-0.25, -0.2) is 9.37 Å². The molecule has 2 aromatic carbocycles. The van der Waals surface area contributed by atoms with Gasteiger partial charge < -0.3 is 25.5 Å². The third-order valence-corrected chi connectivity index (χ3v) is 5.60. The van der Waals surface area contributed by atoms with Crippen LogP contribution < -0.4 is 16.2 Å². The number of rotatable bonds is 2. The van der Waals surface area contributed by atoms with Crippen LogP contribution in [0.15, 0.2) is 41.2 Å². The molecule has 7 nitrogen and oxygen atoms in total. The average molecular weight is 392 g/mol. The van der Waals surface area contributed by atoms with E-state index in [1.54, 1.807) is 6.07 Å². The fourth-order valence-electron chi connectivity index (χ4n) is 4.01. The average Bonchev–Trinajstić information content (AvgIpc) is 3.12. The topological polar surface area (TPSA) is 94.0 Å². The first-order valence-corrected chi connectivity index (χ1v) is 9.55. The molecule has 8 heteroatoms. The molecule has 0 atom stereocenters. The van der Waals surface area contributed by atoms with Crippen LogP contribution >= 0.6 is 0 Å². The number of piperazine rings is 1. The molecular formula is C21H21FN6O.